The molecule has 8 heteroatoms. The molecule has 1 aromatic carbocycles. The van der Waals surface area contributed by atoms with Gasteiger partial charge >= 0.3 is 5.97 Å². The third-order valence-corrected chi connectivity index (χ3v) is 4.30. The molecule has 0 aliphatic rings. The van der Waals surface area contributed by atoms with Crippen molar-refractivity contribution in [2.45, 2.75) is 17.4 Å². The molecule has 20 heavy (non-hydrogen) atoms. The van der Waals surface area contributed by atoms with Crippen LogP contribution in [0.15, 0.2) is 35.7 Å². The molecule has 0 saturated heterocycles. The summed E-state index contributed by atoms with van der Waals surface area (Å²) in [5, 5.41) is 17.4. The van der Waals surface area contributed by atoms with Gasteiger partial charge < -0.3 is 5.11 Å². The molecule has 106 valence electrons. The predicted molar refractivity (Wildman–Crippen MR) is 72.7 cm³/mol. The molecule has 0 aliphatic carbocycles. The zero-order valence-corrected chi connectivity index (χ0v) is 11.8. The molecular weight excluding hydrogens is 304 g/mol. The lowest BCUT2D eigenvalue weighted by molar-refractivity contribution is -0.138. The van der Waals surface area contributed by atoms with Crippen molar-refractivity contribution in [3.05, 3.63) is 41.4 Å². The normalized spacial score (nSPS) is 12.4. The van der Waals surface area contributed by atoms with E-state index in [0.29, 0.717) is 0 Å². The van der Waals surface area contributed by atoms with Crippen molar-refractivity contribution in [3.8, 4) is 6.07 Å². The van der Waals surface area contributed by atoms with Crippen molar-refractivity contribution in [1.82, 2.24) is 4.72 Å². The third-order valence-electron chi connectivity index (χ3n) is 2.35. The van der Waals surface area contributed by atoms with Crippen LogP contribution in [0, 0.1) is 11.3 Å². The van der Waals surface area contributed by atoms with Gasteiger partial charge in [0.25, 0.3) is 0 Å². The molecule has 0 aromatic heterocycles. The molecule has 0 bridgehead atoms. The minimum atomic E-state index is -4.10. The van der Waals surface area contributed by atoms with E-state index in [-0.39, 0.29) is 21.9 Å². The van der Waals surface area contributed by atoms with Crippen LogP contribution in [0.25, 0.3) is 0 Å². The Morgan fingerprint density at radius 1 is 1.60 bits per heavy atom. The van der Waals surface area contributed by atoms with E-state index in [1.807, 2.05) is 10.8 Å². The van der Waals surface area contributed by atoms with E-state index in [0.717, 1.165) is 6.07 Å². The lowest BCUT2D eigenvalue weighted by atomic mass is 10.2. The highest BCUT2D eigenvalue weighted by molar-refractivity contribution is 7.89. The summed E-state index contributed by atoms with van der Waals surface area (Å²) in [6, 6.07) is 4.11. The predicted octanol–water partition coefficient (Wildman–Crippen LogP) is 1.52. The Balaban J connectivity index is 3.14. The standard InChI is InChI=1S/C12H11ClN2O4S/c1-2-3-10(12(16)17)15-20(18,19)11-5-4-8(7-14)6-9(11)13/h2,4-6,10,15H,1,3H2,(H,16,17). The van der Waals surface area contributed by atoms with Gasteiger partial charge in [-0.15, -0.1) is 6.58 Å². The summed E-state index contributed by atoms with van der Waals surface area (Å²) in [6.45, 7) is 3.37. The van der Waals surface area contributed by atoms with Crippen LogP contribution in [0.5, 0.6) is 0 Å². The number of sulfonamides is 1. The number of hydrogen-bond donors (Lipinski definition) is 2. The summed E-state index contributed by atoms with van der Waals surface area (Å²) < 4.78 is 26.2. The van der Waals surface area contributed by atoms with Gasteiger partial charge in [0.2, 0.25) is 10.0 Å². The number of benzene rings is 1. The molecule has 0 heterocycles. The third kappa shape index (κ3) is 3.81. The van der Waals surface area contributed by atoms with Gasteiger partial charge in [0.05, 0.1) is 16.7 Å². The number of hydrogen-bond acceptors (Lipinski definition) is 4. The van der Waals surface area contributed by atoms with Gasteiger partial charge in [-0.05, 0) is 24.6 Å². The summed E-state index contributed by atoms with van der Waals surface area (Å²) in [5.74, 6) is -1.32. The van der Waals surface area contributed by atoms with Gasteiger partial charge in [0.1, 0.15) is 10.9 Å². The van der Waals surface area contributed by atoms with Gasteiger partial charge in [-0.3, -0.25) is 4.79 Å². The Labute approximate surface area is 121 Å². The average Bonchev–Trinajstić information content (AvgIpc) is 2.37. The Bertz CT molecular complexity index is 679. The molecule has 0 saturated carbocycles. The maximum absolute atomic E-state index is 12.1. The number of halogens is 1. The first-order chi connectivity index (χ1) is 9.31. The number of nitriles is 1. The van der Waals surface area contributed by atoms with Gasteiger partial charge in [0, 0.05) is 0 Å². The summed E-state index contributed by atoms with van der Waals surface area (Å²) >= 11 is 5.79. The highest BCUT2D eigenvalue weighted by Crippen LogP contribution is 2.22. The second-order valence-electron chi connectivity index (χ2n) is 3.79. The van der Waals surface area contributed by atoms with E-state index in [1.54, 1.807) is 0 Å². The fourth-order valence-electron chi connectivity index (χ4n) is 1.41. The zero-order valence-electron chi connectivity index (χ0n) is 10.2. The Hall–Kier alpha value is -1.88. The minimum Gasteiger partial charge on any atom is -0.480 e. The molecule has 0 spiro atoms. The maximum Gasteiger partial charge on any atom is 0.322 e. The first-order valence-corrected chi connectivity index (χ1v) is 7.23. The van der Waals surface area contributed by atoms with Crippen LogP contribution in [0.3, 0.4) is 0 Å². The molecule has 0 amide bonds. The second-order valence-corrected chi connectivity index (χ2v) is 5.88. The molecule has 0 fully saturated rings. The van der Waals surface area contributed by atoms with Crippen molar-refractivity contribution >= 4 is 27.6 Å². The van der Waals surface area contributed by atoms with Crippen LogP contribution in [-0.2, 0) is 14.8 Å². The first kappa shape index (κ1) is 16.2. The second kappa shape index (κ2) is 6.52. The van der Waals surface area contributed by atoms with Crippen molar-refractivity contribution < 1.29 is 18.3 Å². The van der Waals surface area contributed by atoms with E-state index in [4.69, 9.17) is 22.0 Å². The largest absolute Gasteiger partial charge is 0.480 e. The van der Waals surface area contributed by atoms with E-state index in [9.17, 15) is 13.2 Å². The summed E-state index contributed by atoms with van der Waals surface area (Å²) in [7, 11) is -4.10. The quantitative estimate of drug-likeness (QED) is 0.774. The van der Waals surface area contributed by atoms with Crippen molar-refractivity contribution in [3.63, 3.8) is 0 Å². The number of rotatable bonds is 6. The van der Waals surface area contributed by atoms with Crippen LogP contribution < -0.4 is 4.72 Å². The van der Waals surface area contributed by atoms with E-state index < -0.39 is 22.0 Å². The number of carboxylic acid groups (broad SMARTS) is 1. The van der Waals surface area contributed by atoms with E-state index in [1.165, 1.54) is 18.2 Å². The molecule has 0 aliphatic heterocycles. The Morgan fingerprint density at radius 2 is 2.25 bits per heavy atom. The molecular formula is C12H11ClN2O4S. The fourth-order valence-corrected chi connectivity index (χ4v) is 3.15. The fraction of sp³-hybridized carbons (Fsp3) is 0.167. The number of aliphatic carboxylic acids is 1. The van der Waals surface area contributed by atoms with Crippen LogP contribution in [0.4, 0.5) is 0 Å². The minimum absolute atomic E-state index is 0.0670. The van der Waals surface area contributed by atoms with Gasteiger partial charge in [0.15, 0.2) is 0 Å². The number of carboxylic acids is 1. The van der Waals surface area contributed by atoms with Crippen LogP contribution >= 0.6 is 11.6 Å². The van der Waals surface area contributed by atoms with Crippen LogP contribution in [-0.4, -0.2) is 25.5 Å². The van der Waals surface area contributed by atoms with Crippen molar-refractivity contribution in [2.24, 2.45) is 0 Å². The number of nitrogens with zero attached hydrogens (tertiary/aromatic N) is 1. The zero-order chi connectivity index (χ0) is 15.3. The molecule has 0 radical (unpaired) electrons. The molecule has 1 rings (SSSR count). The smallest absolute Gasteiger partial charge is 0.322 e. The Kier molecular flexibility index (Phi) is 5.27. The SMILES string of the molecule is C=CCC(NS(=O)(=O)c1ccc(C#N)cc1Cl)C(=O)O. The molecule has 6 nitrogen and oxygen atoms in total. The van der Waals surface area contributed by atoms with Crippen LogP contribution in [0.2, 0.25) is 5.02 Å². The molecule has 1 unspecified atom stereocenters. The highest BCUT2D eigenvalue weighted by Gasteiger charge is 2.26. The summed E-state index contributed by atoms with van der Waals surface area (Å²) in [5.41, 5.74) is 0.204. The lowest BCUT2D eigenvalue weighted by Crippen LogP contribution is -2.40. The Morgan fingerprint density at radius 3 is 2.70 bits per heavy atom. The average molecular weight is 315 g/mol. The molecule has 1 atom stereocenters. The van der Waals surface area contributed by atoms with E-state index >= 15 is 0 Å². The number of nitrogens with one attached hydrogen (secondary N) is 1. The van der Waals surface area contributed by atoms with Gasteiger partial charge in [-0.2, -0.15) is 9.98 Å². The lowest BCUT2D eigenvalue weighted by Gasteiger charge is -2.13. The molecule has 2 N–H and O–H groups in total. The van der Waals surface area contributed by atoms with Gasteiger partial charge in [-0.1, -0.05) is 17.7 Å². The van der Waals surface area contributed by atoms with E-state index in [2.05, 4.69) is 6.58 Å². The number of carbonyl (C=O) groups is 1. The van der Waals surface area contributed by atoms with Gasteiger partial charge in [-0.25, -0.2) is 8.42 Å². The highest BCUT2D eigenvalue weighted by atomic mass is 35.5. The summed E-state index contributed by atoms with van der Waals surface area (Å²) in [6.07, 6.45) is 1.23. The first-order valence-electron chi connectivity index (χ1n) is 5.37. The van der Waals surface area contributed by atoms with Crippen molar-refractivity contribution in [1.29, 1.82) is 5.26 Å². The maximum atomic E-state index is 12.1. The topological polar surface area (TPSA) is 107 Å². The molecule has 1 aromatic rings. The van der Waals surface area contributed by atoms with Crippen molar-refractivity contribution in [2.75, 3.05) is 0 Å². The summed E-state index contributed by atoms with van der Waals surface area (Å²) in [4.78, 5) is 10.6. The monoisotopic (exact) mass is 314 g/mol. The van der Waals surface area contributed by atoms with Crippen LogP contribution in [0.1, 0.15) is 12.0 Å².